The van der Waals surface area contributed by atoms with Crippen LogP contribution in [0.25, 0.3) is 28.2 Å². The minimum atomic E-state index is 0.529. The molecule has 146 valence electrons. The number of hydrogen-bond acceptors (Lipinski definition) is 5. The third kappa shape index (κ3) is 3.42. The van der Waals surface area contributed by atoms with Crippen LogP contribution >= 0.6 is 0 Å². The Kier molecular flexibility index (Phi) is 4.60. The number of rotatable bonds is 5. The van der Waals surface area contributed by atoms with Crippen molar-refractivity contribution >= 4 is 11.5 Å². The molecule has 0 aromatic carbocycles. The fraction of sp³-hybridized carbons (Fsp3) is 0.261. The summed E-state index contributed by atoms with van der Waals surface area (Å²) in [4.78, 5) is 13.7. The molecule has 4 heterocycles. The molecule has 0 atom stereocenters. The van der Waals surface area contributed by atoms with Gasteiger partial charge in [0, 0.05) is 41.8 Å². The van der Waals surface area contributed by atoms with Gasteiger partial charge in [0.1, 0.15) is 17.2 Å². The lowest BCUT2D eigenvalue weighted by molar-refractivity contribution is 0.416. The highest BCUT2D eigenvalue weighted by Gasteiger charge is 2.16. The van der Waals surface area contributed by atoms with E-state index in [0.717, 1.165) is 39.7 Å². The van der Waals surface area contributed by atoms with E-state index in [0.29, 0.717) is 6.04 Å². The van der Waals surface area contributed by atoms with E-state index in [9.17, 15) is 0 Å². The second-order valence-corrected chi connectivity index (χ2v) is 7.40. The number of pyridine rings is 3. The molecule has 0 amide bonds. The lowest BCUT2D eigenvalue weighted by Crippen LogP contribution is -2.15. The van der Waals surface area contributed by atoms with Gasteiger partial charge in [-0.05, 0) is 31.0 Å². The predicted molar refractivity (Wildman–Crippen MR) is 114 cm³/mol. The average molecular weight is 385 g/mol. The van der Waals surface area contributed by atoms with Gasteiger partial charge in [-0.3, -0.25) is 9.38 Å². The van der Waals surface area contributed by atoms with E-state index in [1.54, 1.807) is 13.3 Å². The summed E-state index contributed by atoms with van der Waals surface area (Å²) in [5.74, 6) is 1.69. The standard InChI is InChI=1S/C23H23N5O/c1-29-21-12-23-25-14-20(28(23)15-18(21)16-6-5-11-24-13-16)19-9-4-10-22(27-19)26-17-7-2-3-8-17/h4-6,9-15,17H,2-3,7-8H2,1H3,(H,26,27). The average Bonchev–Trinajstić information content (AvgIpc) is 3.43. The lowest BCUT2D eigenvalue weighted by atomic mass is 10.1. The first-order valence-corrected chi connectivity index (χ1v) is 10.0. The molecule has 4 aromatic rings. The minimum absolute atomic E-state index is 0.529. The number of anilines is 1. The zero-order chi connectivity index (χ0) is 19.6. The van der Waals surface area contributed by atoms with Crippen LogP contribution in [-0.4, -0.2) is 32.5 Å². The highest BCUT2D eigenvalue weighted by molar-refractivity contribution is 5.74. The highest BCUT2D eigenvalue weighted by Crippen LogP contribution is 2.32. The van der Waals surface area contributed by atoms with E-state index in [4.69, 9.17) is 9.72 Å². The monoisotopic (exact) mass is 385 g/mol. The maximum atomic E-state index is 5.61. The summed E-state index contributed by atoms with van der Waals surface area (Å²) in [5, 5.41) is 3.58. The Morgan fingerprint density at radius 1 is 1.10 bits per heavy atom. The molecule has 1 aliphatic carbocycles. The van der Waals surface area contributed by atoms with Crippen LogP contribution in [0, 0.1) is 0 Å². The van der Waals surface area contributed by atoms with Crippen LogP contribution in [0.5, 0.6) is 5.75 Å². The van der Waals surface area contributed by atoms with Crippen LogP contribution in [0.4, 0.5) is 5.82 Å². The molecule has 0 unspecified atom stereocenters. The first-order chi connectivity index (χ1) is 14.3. The first kappa shape index (κ1) is 17.7. The molecule has 0 bridgehead atoms. The van der Waals surface area contributed by atoms with Crippen molar-refractivity contribution in [1.82, 2.24) is 19.4 Å². The van der Waals surface area contributed by atoms with Crippen LogP contribution in [0.3, 0.4) is 0 Å². The summed E-state index contributed by atoms with van der Waals surface area (Å²) in [6, 6.07) is 12.5. The van der Waals surface area contributed by atoms with Gasteiger partial charge in [0.15, 0.2) is 0 Å². The molecular weight excluding hydrogens is 362 g/mol. The predicted octanol–water partition coefficient (Wildman–Crippen LogP) is 4.82. The van der Waals surface area contributed by atoms with Gasteiger partial charge in [0.05, 0.1) is 24.7 Å². The molecule has 1 fully saturated rings. The molecular formula is C23H23N5O. The van der Waals surface area contributed by atoms with E-state index in [1.807, 2.05) is 55.0 Å². The van der Waals surface area contributed by atoms with Crippen LogP contribution in [0.2, 0.25) is 0 Å². The van der Waals surface area contributed by atoms with Gasteiger partial charge in [-0.2, -0.15) is 0 Å². The molecule has 0 spiro atoms. The van der Waals surface area contributed by atoms with E-state index in [1.165, 1.54) is 25.7 Å². The second-order valence-electron chi connectivity index (χ2n) is 7.40. The Balaban J connectivity index is 1.57. The Labute approximate surface area is 169 Å². The Morgan fingerprint density at radius 2 is 2.00 bits per heavy atom. The van der Waals surface area contributed by atoms with E-state index < -0.39 is 0 Å². The van der Waals surface area contributed by atoms with Gasteiger partial charge in [-0.15, -0.1) is 0 Å². The second kappa shape index (κ2) is 7.54. The molecule has 6 nitrogen and oxygen atoms in total. The van der Waals surface area contributed by atoms with Gasteiger partial charge >= 0.3 is 0 Å². The van der Waals surface area contributed by atoms with E-state index in [2.05, 4.69) is 19.7 Å². The number of fused-ring (bicyclic) bond motifs is 1. The summed E-state index contributed by atoms with van der Waals surface area (Å²) in [5.41, 5.74) is 4.62. The molecule has 1 saturated carbocycles. The molecule has 0 aliphatic heterocycles. The van der Waals surface area contributed by atoms with Crippen molar-refractivity contribution in [2.75, 3.05) is 12.4 Å². The normalized spacial score (nSPS) is 14.4. The maximum absolute atomic E-state index is 5.61. The maximum Gasteiger partial charge on any atom is 0.140 e. The summed E-state index contributed by atoms with van der Waals surface area (Å²) in [6.07, 6.45) is 12.5. The fourth-order valence-electron chi connectivity index (χ4n) is 4.04. The number of imidazole rings is 1. The zero-order valence-electron chi connectivity index (χ0n) is 16.4. The SMILES string of the molecule is COc1cc2ncc(-c3cccc(NC4CCCC4)n3)n2cc1-c1cccnc1. The van der Waals surface area contributed by atoms with Crippen molar-refractivity contribution in [2.45, 2.75) is 31.7 Å². The number of methoxy groups -OCH3 is 1. The van der Waals surface area contributed by atoms with Gasteiger partial charge in [-0.25, -0.2) is 9.97 Å². The van der Waals surface area contributed by atoms with Gasteiger partial charge < -0.3 is 10.1 Å². The summed E-state index contributed by atoms with van der Waals surface area (Å²) in [7, 11) is 1.68. The fourth-order valence-corrected chi connectivity index (χ4v) is 4.04. The van der Waals surface area contributed by atoms with Crippen LogP contribution < -0.4 is 10.1 Å². The Bertz CT molecular complexity index is 1130. The number of ether oxygens (including phenoxy) is 1. The molecule has 5 rings (SSSR count). The molecule has 4 aromatic heterocycles. The van der Waals surface area contributed by atoms with E-state index in [-0.39, 0.29) is 0 Å². The molecule has 1 N–H and O–H groups in total. The highest BCUT2D eigenvalue weighted by atomic mass is 16.5. The van der Waals surface area contributed by atoms with Crippen LogP contribution in [0.1, 0.15) is 25.7 Å². The quantitative estimate of drug-likeness (QED) is 0.533. The first-order valence-electron chi connectivity index (χ1n) is 10.0. The Hall–Kier alpha value is -3.41. The number of aromatic nitrogens is 4. The van der Waals surface area contributed by atoms with Gasteiger partial charge in [0.25, 0.3) is 0 Å². The summed E-state index contributed by atoms with van der Waals surface area (Å²) >= 11 is 0. The Morgan fingerprint density at radius 3 is 2.79 bits per heavy atom. The number of hydrogen-bond donors (Lipinski definition) is 1. The molecule has 29 heavy (non-hydrogen) atoms. The third-order valence-electron chi connectivity index (χ3n) is 5.52. The van der Waals surface area contributed by atoms with Crippen LogP contribution in [-0.2, 0) is 0 Å². The smallest absolute Gasteiger partial charge is 0.140 e. The number of nitrogens with one attached hydrogen (secondary N) is 1. The molecule has 0 radical (unpaired) electrons. The van der Waals surface area contributed by atoms with Crippen molar-refractivity contribution < 1.29 is 4.74 Å². The van der Waals surface area contributed by atoms with Gasteiger partial charge in [0.2, 0.25) is 0 Å². The van der Waals surface area contributed by atoms with Crippen molar-refractivity contribution in [3.63, 3.8) is 0 Å². The lowest BCUT2D eigenvalue weighted by Gasteiger charge is -2.14. The molecule has 1 aliphatic rings. The zero-order valence-corrected chi connectivity index (χ0v) is 16.4. The van der Waals surface area contributed by atoms with Crippen molar-refractivity contribution in [3.8, 4) is 28.3 Å². The van der Waals surface area contributed by atoms with E-state index >= 15 is 0 Å². The summed E-state index contributed by atoms with van der Waals surface area (Å²) in [6.45, 7) is 0. The topological polar surface area (TPSA) is 64.3 Å². The number of nitrogens with zero attached hydrogens (tertiary/aromatic N) is 4. The van der Waals surface area contributed by atoms with Crippen molar-refractivity contribution in [2.24, 2.45) is 0 Å². The van der Waals surface area contributed by atoms with Crippen molar-refractivity contribution in [3.05, 3.63) is 61.2 Å². The van der Waals surface area contributed by atoms with Crippen molar-refractivity contribution in [1.29, 1.82) is 0 Å². The third-order valence-corrected chi connectivity index (χ3v) is 5.52. The molecule has 6 heteroatoms. The largest absolute Gasteiger partial charge is 0.496 e. The summed E-state index contributed by atoms with van der Waals surface area (Å²) < 4.78 is 7.67. The minimum Gasteiger partial charge on any atom is -0.496 e. The van der Waals surface area contributed by atoms with Crippen LogP contribution in [0.15, 0.2) is 61.2 Å². The molecule has 0 saturated heterocycles. The van der Waals surface area contributed by atoms with Gasteiger partial charge in [-0.1, -0.05) is 25.0 Å².